The number of rotatable bonds is 3. The first-order valence-electron chi connectivity index (χ1n) is 7.19. The van der Waals surface area contributed by atoms with Crippen molar-refractivity contribution in [3.63, 3.8) is 0 Å². The van der Waals surface area contributed by atoms with E-state index in [0.717, 1.165) is 42.5 Å². The molecule has 0 saturated carbocycles. The minimum Gasteiger partial charge on any atom is -0.462 e. The minimum atomic E-state index is -0.746. The van der Waals surface area contributed by atoms with Gasteiger partial charge in [-0.1, -0.05) is 11.6 Å². The van der Waals surface area contributed by atoms with Gasteiger partial charge in [-0.2, -0.15) is 0 Å². The highest BCUT2D eigenvalue weighted by molar-refractivity contribution is 7.17. The van der Waals surface area contributed by atoms with Gasteiger partial charge in [0.2, 0.25) is 5.84 Å². The molecule has 0 bridgehead atoms. The van der Waals surface area contributed by atoms with Crippen molar-refractivity contribution in [3.8, 4) is 0 Å². The number of carbonyl (C=O) groups excluding carboxylic acids is 2. The van der Waals surface area contributed by atoms with Gasteiger partial charge >= 0.3 is 5.97 Å². The molecule has 0 spiro atoms. The molecule has 8 heteroatoms. The molecule has 1 aromatic heterocycles. The Labute approximate surface area is 132 Å². The monoisotopic (exact) mass is 325 g/mol. The number of hydrogen-bond donors (Lipinski definition) is 3. The van der Waals surface area contributed by atoms with Crippen LogP contribution in [0.4, 0.5) is 5.00 Å². The molecule has 0 radical (unpaired) electrons. The maximum Gasteiger partial charge on any atom is 0.341 e. The van der Waals surface area contributed by atoms with Gasteiger partial charge in [-0.15, -0.1) is 11.3 Å². The van der Waals surface area contributed by atoms with Crippen molar-refractivity contribution in [1.29, 1.82) is 0 Å². The lowest BCUT2D eigenvalue weighted by Crippen LogP contribution is -2.30. The number of nitrogens with two attached hydrogens (primary N) is 1. The van der Waals surface area contributed by atoms with Crippen LogP contribution in [-0.4, -0.2) is 29.5 Å². The number of aryl methyl sites for hydroxylation is 1. The molecule has 0 saturated heterocycles. The standard InChI is InChI=1S/C14H19N3O4S/c1-2-21-14(19)10-8-6-4-3-5-7-9(8)22-13(10)16-12(18)11(15)17-20/h20H,2-7H2,1H3,(H2,15,17)(H,16,18). The molecule has 0 atom stereocenters. The Morgan fingerprint density at radius 2 is 2.09 bits per heavy atom. The molecule has 1 aliphatic rings. The number of anilines is 1. The number of ether oxygens (including phenoxy) is 1. The summed E-state index contributed by atoms with van der Waals surface area (Å²) in [6.07, 6.45) is 4.86. The lowest BCUT2D eigenvalue weighted by atomic mass is 10.1. The second kappa shape index (κ2) is 7.26. The van der Waals surface area contributed by atoms with E-state index in [1.807, 2.05) is 0 Å². The van der Waals surface area contributed by atoms with Gasteiger partial charge in [-0.05, 0) is 38.2 Å². The van der Waals surface area contributed by atoms with Gasteiger partial charge < -0.3 is 21.0 Å². The quantitative estimate of drug-likeness (QED) is 0.196. The van der Waals surface area contributed by atoms with Crippen molar-refractivity contribution >= 4 is 34.0 Å². The van der Waals surface area contributed by atoms with Gasteiger partial charge in [0.05, 0.1) is 12.2 Å². The zero-order chi connectivity index (χ0) is 16.1. The average Bonchev–Trinajstić information content (AvgIpc) is 2.67. The van der Waals surface area contributed by atoms with E-state index in [9.17, 15) is 9.59 Å². The number of nitrogens with zero attached hydrogens (tertiary/aromatic N) is 1. The molecule has 0 unspecified atom stereocenters. The number of thiophene rings is 1. The topological polar surface area (TPSA) is 114 Å². The molecule has 1 amide bonds. The van der Waals surface area contributed by atoms with E-state index < -0.39 is 17.7 Å². The van der Waals surface area contributed by atoms with Gasteiger partial charge in [0.15, 0.2) is 0 Å². The summed E-state index contributed by atoms with van der Waals surface area (Å²) in [4.78, 5) is 25.1. The Balaban J connectivity index is 2.39. The van der Waals surface area contributed by atoms with Crippen LogP contribution in [0.2, 0.25) is 0 Å². The second-order valence-corrected chi connectivity index (χ2v) is 6.03. The molecule has 0 aromatic carbocycles. The lowest BCUT2D eigenvalue weighted by molar-refractivity contribution is -0.110. The maximum atomic E-state index is 12.3. The summed E-state index contributed by atoms with van der Waals surface area (Å²) in [5.74, 6) is -1.75. The van der Waals surface area contributed by atoms with Crippen LogP contribution in [0.25, 0.3) is 0 Å². The molecule has 1 aromatic rings. The van der Waals surface area contributed by atoms with E-state index in [-0.39, 0.29) is 6.61 Å². The van der Waals surface area contributed by atoms with Gasteiger partial charge in [-0.3, -0.25) is 4.79 Å². The molecule has 1 aliphatic carbocycles. The third-order valence-electron chi connectivity index (χ3n) is 3.47. The Morgan fingerprint density at radius 1 is 1.36 bits per heavy atom. The SMILES string of the molecule is CCOC(=O)c1c(NC(=O)/C(N)=N\O)sc2c1CCCCC2. The molecule has 2 rings (SSSR count). The van der Waals surface area contributed by atoms with Crippen molar-refractivity contribution in [1.82, 2.24) is 0 Å². The number of esters is 1. The van der Waals surface area contributed by atoms with E-state index in [4.69, 9.17) is 15.7 Å². The molecule has 4 N–H and O–H groups in total. The number of fused-ring (bicyclic) bond motifs is 1. The predicted molar refractivity (Wildman–Crippen MR) is 83.6 cm³/mol. The van der Waals surface area contributed by atoms with E-state index >= 15 is 0 Å². The highest BCUT2D eigenvalue weighted by atomic mass is 32.1. The van der Waals surface area contributed by atoms with Crippen molar-refractivity contribution in [2.75, 3.05) is 11.9 Å². The molecule has 120 valence electrons. The fraction of sp³-hybridized carbons (Fsp3) is 0.500. The first-order valence-corrected chi connectivity index (χ1v) is 8.00. The van der Waals surface area contributed by atoms with E-state index in [1.54, 1.807) is 6.92 Å². The van der Waals surface area contributed by atoms with Crippen LogP contribution in [0, 0.1) is 0 Å². The molecule has 0 aliphatic heterocycles. The van der Waals surface area contributed by atoms with E-state index in [0.29, 0.717) is 10.6 Å². The molecule has 7 nitrogen and oxygen atoms in total. The van der Waals surface area contributed by atoms with Gasteiger partial charge in [0.1, 0.15) is 5.00 Å². The smallest absolute Gasteiger partial charge is 0.341 e. The zero-order valence-electron chi connectivity index (χ0n) is 12.3. The van der Waals surface area contributed by atoms with Gasteiger partial charge in [0, 0.05) is 4.88 Å². The fourth-order valence-electron chi connectivity index (χ4n) is 2.46. The highest BCUT2D eigenvalue weighted by Crippen LogP contribution is 2.37. The second-order valence-electron chi connectivity index (χ2n) is 4.93. The third-order valence-corrected chi connectivity index (χ3v) is 4.68. The Hall–Kier alpha value is -2.09. The highest BCUT2D eigenvalue weighted by Gasteiger charge is 2.27. The van der Waals surface area contributed by atoms with Crippen LogP contribution in [0.15, 0.2) is 5.16 Å². The molecule has 0 fully saturated rings. The normalized spacial score (nSPS) is 14.9. The molecule has 22 heavy (non-hydrogen) atoms. The Bertz CT molecular complexity index is 609. The number of amides is 1. The predicted octanol–water partition coefficient (Wildman–Crippen LogP) is 1.88. The lowest BCUT2D eigenvalue weighted by Gasteiger charge is -2.07. The fourth-order valence-corrected chi connectivity index (χ4v) is 3.73. The molecular formula is C14H19N3O4S. The van der Waals surface area contributed by atoms with Crippen LogP contribution < -0.4 is 11.1 Å². The van der Waals surface area contributed by atoms with Crippen LogP contribution >= 0.6 is 11.3 Å². The number of carbonyl (C=O) groups is 2. The van der Waals surface area contributed by atoms with Gasteiger partial charge in [-0.25, -0.2) is 4.79 Å². The Morgan fingerprint density at radius 3 is 2.77 bits per heavy atom. The van der Waals surface area contributed by atoms with Gasteiger partial charge in [0.25, 0.3) is 5.91 Å². The van der Waals surface area contributed by atoms with Crippen molar-refractivity contribution in [3.05, 3.63) is 16.0 Å². The Kier molecular flexibility index (Phi) is 5.37. The summed E-state index contributed by atoms with van der Waals surface area (Å²) in [6.45, 7) is 1.99. The molecule has 1 heterocycles. The number of nitrogens with one attached hydrogen (secondary N) is 1. The number of oxime groups is 1. The maximum absolute atomic E-state index is 12.3. The zero-order valence-corrected chi connectivity index (χ0v) is 13.2. The third kappa shape index (κ3) is 3.38. The number of hydrogen-bond acceptors (Lipinski definition) is 6. The van der Waals surface area contributed by atoms with E-state index in [2.05, 4.69) is 10.5 Å². The van der Waals surface area contributed by atoms with Crippen LogP contribution in [0.1, 0.15) is 47.0 Å². The van der Waals surface area contributed by atoms with Crippen LogP contribution in [-0.2, 0) is 22.4 Å². The average molecular weight is 325 g/mol. The summed E-state index contributed by atoms with van der Waals surface area (Å²) in [5.41, 5.74) is 6.63. The van der Waals surface area contributed by atoms with Crippen LogP contribution in [0.5, 0.6) is 0 Å². The van der Waals surface area contributed by atoms with Crippen molar-refractivity contribution < 1.29 is 19.5 Å². The summed E-state index contributed by atoms with van der Waals surface area (Å²) < 4.78 is 5.11. The minimum absolute atomic E-state index is 0.261. The van der Waals surface area contributed by atoms with Crippen molar-refractivity contribution in [2.24, 2.45) is 10.9 Å². The van der Waals surface area contributed by atoms with E-state index in [1.165, 1.54) is 11.3 Å². The van der Waals surface area contributed by atoms with Crippen molar-refractivity contribution in [2.45, 2.75) is 39.0 Å². The summed E-state index contributed by atoms with van der Waals surface area (Å²) in [5, 5.41) is 14.2. The summed E-state index contributed by atoms with van der Waals surface area (Å²) >= 11 is 1.36. The number of amidine groups is 1. The molecular weight excluding hydrogens is 306 g/mol. The summed E-state index contributed by atoms with van der Waals surface area (Å²) in [7, 11) is 0. The van der Waals surface area contributed by atoms with Crippen LogP contribution in [0.3, 0.4) is 0 Å². The first-order chi connectivity index (χ1) is 10.6. The largest absolute Gasteiger partial charge is 0.462 e. The summed E-state index contributed by atoms with van der Waals surface area (Å²) in [6, 6.07) is 0. The first kappa shape index (κ1) is 16.3.